The average Bonchev–Trinajstić information content (AvgIpc) is 3.53. The van der Waals surface area contributed by atoms with E-state index in [9.17, 15) is 18.7 Å². The summed E-state index contributed by atoms with van der Waals surface area (Å²) >= 11 is 5.50. The number of rotatable bonds is 5. The second kappa shape index (κ2) is 11.8. The molecule has 4 aromatic rings. The first kappa shape index (κ1) is 26.1. The van der Waals surface area contributed by atoms with Crippen molar-refractivity contribution in [3.05, 3.63) is 71.3 Å². The number of benzene rings is 2. The number of para-hydroxylation sites is 1. The monoisotopic (exact) mass is 550 g/mol. The van der Waals surface area contributed by atoms with Crippen molar-refractivity contribution in [2.24, 2.45) is 0 Å². The van der Waals surface area contributed by atoms with E-state index < -0.39 is 11.1 Å². The van der Waals surface area contributed by atoms with E-state index in [0.29, 0.717) is 29.8 Å². The minimum atomic E-state index is -2.26. The third-order valence-electron chi connectivity index (χ3n) is 5.90. The first-order valence-corrected chi connectivity index (χ1v) is 13.4. The number of halogens is 1. The molecule has 36 heavy (non-hydrogen) atoms. The standard InChI is InChI=1S/C21H22ClN3O4S.C3H4N2S.2H2/c22-19-3-1-2-15-8-9-24(21(15)19)13-20(27)25-11-10-23(12-17(25)14-26)16-4-6-18(7-5-16)30(28)29;4-3-5-1-2-6-3;;/h1-9,17,26H,10-14H2,(H,28,29);1-2H,(H2,4,5);2*1H/p-1/t17-;;;/m1.../s1. The van der Waals surface area contributed by atoms with Crippen LogP contribution in [-0.4, -0.2) is 66.5 Å². The predicted molar refractivity (Wildman–Crippen MR) is 146 cm³/mol. The average molecular weight is 551 g/mol. The van der Waals surface area contributed by atoms with Gasteiger partial charge in [0.25, 0.3) is 0 Å². The van der Waals surface area contributed by atoms with Crippen LogP contribution in [0.1, 0.15) is 2.85 Å². The summed E-state index contributed by atoms with van der Waals surface area (Å²) in [6, 6.07) is 13.8. The van der Waals surface area contributed by atoms with Crippen LogP contribution in [0, 0.1) is 0 Å². The maximum absolute atomic E-state index is 13.0. The van der Waals surface area contributed by atoms with E-state index in [1.54, 1.807) is 41.4 Å². The molecule has 1 saturated heterocycles. The number of amides is 1. The molecule has 194 valence electrons. The van der Waals surface area contributed by atoms with Crippen molar-refractivity contribution in [2.45, 2.75) is 17.5 Å². The SMILES string of the molecule is Nc1nccs1.O=C(Cn1ccc2cccc(Cl)c21)N1CCN(c2ccc(S(=O)[O-])cc2)C[C@@H]1CO.[HH].[HH]. The lowest BCUT2D eigenvalue weighted by Crippen LogP contribution is -2.57. The molecule has 0 aliphatic carbocycles. The number of anilines is 2. The number of carbonyl (C=O) groups excluding carboxylic acids is 1. The van der Waals surface area contributed by atoms with Crippen molar-refractivity contribution < 1.29 is 21.5 Å². The number of piperazine rings is 1. The summed E-state index contributed by atoms with van der Waals surface area (Å²) in [6.45, 7) is 1.52. The Labute approximate surface area is 223 Å². The van der Waals surface area contributed by atoms with Gasteiger partial charge in [-0.1, -0.05) is 23.7 Å². The van der Waals surface area contributed by atoms with Gasteiger partial charge < -0.3 is 29.8 Å². The molecule has 1 aliphatic rings. The van der Waals surface area contributed by atoms with Crippen LogP contribution in [-0.2, 0) is 22.4 Å². The molecule has 1 amide bonds. The summed E-state index contributed by atoms with van der Waals surface area (Å²) in [5.74, 6) is -0.0804. The van der Waals surface area contributed by atoms with E-state index in [4.69, 9.17) is 17.3 Å². The summed E-state index contributed by atoms with van der Waals surface area (Å²) in [4.78, 5) is 20.7. The fourth-order valence-corrected chi connectivity index (χ4v) is 5.19. The van der Waals surface area contributed by atoms with Crippen molar-refractivity contribution >= 4 is 61.6 Å². The largest absolute Gasteiger partial charge is 0.768 e. The lowest BCUT2D eigenvalue weighted by molar-refractivity contribution is -0.135. The first-order chi connectivity index (χ1) is 17.4. The Balaban J connectivity index is 0.000000561. The lowest BCUT2D eigenvalue weighted by atomic mass is 10.1. The van der Waals surface area contributed by atoms with Gasteiger partial charge in [-0.3, -0.25) is 9.00 Å². The van der Waals surface area contributed by atoms with Crippen molar-refractivity contribution in [3.8, 4) is 0 Å². The van der Waals surface area contributed by atoms with Gasteiger partial charge in [0.15, 0.2) is 5.13 Å². The molecule has 0 saturated carbocycles. The van der Waals surface area contributed by atoms with E-state index in [0.717, 1.165) is 16.6 Å². The number of nitrogens with two attached hydrogens (primary N) is 1. The summed E-state index contributed by atoms with van der Waals surface area (Å²) in [5.41, 5.74) is 6.87. The van der Waals surface area contributed by atoms with Gasteiger partial charge in [-0.25, -0.2) is 4.98 Å². The van der Waals surface area contributed by atoms with Crippen molar-refractivity contribution in [2.75, 3.05) is 36.9 Å². The van der Waals surface area contributed by atoms with Gasteiger partial charge >= 0.3 is 0 Å². The highest BCUT2D eigenvalue weighted by molar-refractivity contribution is 7.79. The zero-order valence-corrected chi connectivity index (χ0v) is 21.6. The number of hydrogen-bond donors (Lipinski definition) is 2. The molecule has 5 rings (SSSR count). The van der Waals surface area contributed by atoms with Crippen molar-refractivity contribution in [3.63, 3.8) is 0 Å². The highest BCUT2D eigenvalue weighted by atomic mass is 35.5. The fourth-order valence-electron chi connectivity index (χ4n) is 4.16. The number of aliphatic hydroxyl groups is 1. The minimum absolute atomic E-state index is 0. The Morgan fingerprint density at radius 2 is 2.03 bits per heavy atom. The molecule has 3 N–H and O–H groups in total. The zero-order chi connectivity index (χ0) is 25.7. The molecule has 2 atom stereocenters. The molecule has 0 spiro atoms. The second-order valence-corrected chi connectivity index (χ2v) is 10.4. The Morgan fingerprint density at radius 1 is 1.25 bits per heavy atom. The van der Waals surface area contributed by atoms with Crippen LogP contribution in [0.3, 0.4) is 0 Å². The van der Waals surface area contributed by atoms with Crippen molar-refractivity contribution in [1.82, 2.24) is 14.5 Å². The van der Waals surface area contributed by atoms with E-state index in [1.165, 1.54) is 11.3 Å². The van der Waals surface area contributed by atoms with E-state index in [-0.39, 0.29) is 32.8 Å². The van der Waals surface area contributed by atoms with Crippen LogP contribution in [0.5, 0.6) is 0 Å². The summed E-state index contributed by atoms with van der Waals surface area (Å²) < 4.78 is 23.9. The zero-order valence-electron chi connectivity index (χ0n) is 19.2. The third-order valence-corrected chi connectivity index (χ3v) is 7.47. The Morgan fingerprint density at radius 3 is 2.64 bits per heavy atom. The van der Waals surface area contributed by atoms with Gasteiger partial charge in [-0.2, -0.15) is 0 Å². The lowest BCUT2D eigenvalue weighted by Gasteiger charge is -2.42. The topological polar surface area (TPSA) is 128 Å². The van der Waals surface area contributed by atoms with Gasteiger partial charge in [0.2, 0.25) is 5.91 Å². The normalized spacial score (nSPS) is 16.5. The number of carbonyl (C=O) groups is 1. The van der Waals surface area contributed by atoms with Gasteiger partial charge in [0.1, 0.15) is 6.54 Å². The third kappa shape index (κ3) is 6.05. The number of thiazole rings is 1. The number of hydrogen-bond acceptors (Lipinski definition) is 8. The molecular formula is C24H29ClN5O4S2-. The fraction of sp³-hybridized carbons (Fsp3) is 0.250. The second-order valence-electron chi connectivity index (χ2n) is 8.09. The summed E-state index contributed by atoms with van der Waals surface area (Å²) in [5, 5.41) is 13.9. The number of aliphatic hydroxyl groups excluding tert-OH is 1. The molecule has 9 nitrogen and oxygen atoms in total. The van der Waals surface area contributed by atoms with E-state index in [1.807, 2.05) is 39.2 Å². The number of nitrogen functional groups attached to an aromatic ring is 1. The summed E-state index contributed by atoms with van der Waals surface area (Å²) in [6.07, 6.45) is 3.53. The van der Waals surface area contributed by atoms with E-state index >= 15 is 0 Å². The predicted octanol–water partition coefficient (Wildman–Crippen LogP) is 3.46. The van der Waals surface area contributed by atoms with Gasteiger partial charge in [0.05, 0.1) is 23.2 Å². The molecule has 3 heterocycles. The molecule has 1 unspecified atom stereocenters. The van der Waals surface area contributed by atoms with Crippen LogP contribution in [0.2, 0.25) is 5.02 Å². The smallest absolute Gasteiger partial charge is 0.242 e. The highest BCUT2D eigenvalue weighted by Crippen LogP contribution is 2.25. The number of aromatic nitrogens is 2. The van der Waals surface area contributed by atoms with Crippen LogP contribution < -0.4 is 10.6 Å². The molecular weight excluding hydrogens is 522 g/mol. The van der Waals surface area contributed by atoms with Gasteiger partial charge in [0, 0.05) is 56.2 Å². The van der Waals surface area contributed by atoms with E-state index in [2.05, 4.69) is 4.98 Å². The van der Waals surface area contributed by atoms with Crippen LogP contribution >= 0.6 is 22.9 Å². The van der Waals surface area contributed by atoms with Crippen LogP contribution in [0.4, 0.5) is 10.8 Å². The Hall–Kier alpha value is -2.96. The van der Waals surface area contributed by atoms with Gasteiger partial charge in [-0.15, -0.1) is 11.3 Å². The number of fused-ring (bicyclic) bond motifs is 1. The van der Waals surface area contributed by atoms with Gasteiger partial charge in [-0.05, 0) is 47.5 Å². The maximum Gasteiger partial charge on any atom is 0.242 e. The molecule has 0 radical (unpaired) electrons. The Bertz CT molecular complexity index is 1340. The summed E-state index contributed by atoms with van der Waals surface area (Å²) in [7, 11) is 0. The molecule has 2 aromatic carbocycles. The van der Waals surface area contributed by atoms with Crippen molar-refractivity contribution in [1.29, 1.82) is 0 Å². The molecule has 0 bridgehead atoms. The highest BCUT2D eigenvalue weighted by Gasteiger charge is 2.30. The molecule has 12 heteroatoms. The van der Waals surface area contributed by atoms with Crippen LogP contribution in [0.15, 0.2) is 71.2 Å². The maximum atomic E-state index is 13.0. The Kier molecular flexibility index (Phi) is 8.60. The number of nitrogens with zero attached hydrogens (tertiary/aromatic N) is 4. The quantitative estimate of drug-likeness (QED) is 0.364. The molecule has 1 fully saturated rings. The first-order valence-electron chi connectivity index (χ1n) is 11.1. The van der Waals surface area contributed by atoms with Crippen LogP contribution in [0.25, 0.3) is 10.9 Å². The minimum Gasteiger partial charge on any atom is -0.768 e. The molecule has 1 aliphatic heterocycles. The molecule has 2 aromatic heterocycles.